The van der Waals surface area contributed by atoms with Gasteiger partial charge >= 0.3 is 6.36 Å². The van der Waals surface area contributed by atoms with Crippen molar-refractivity contribution in [2.75, 3.05) is 25.1 Å². The number of rotatable bonds is 15. The number of anilines is 1. The summed E-state index contributed by atoms with van der Waals surface area (Å²) in [5.41, 5.74) is 4.59. The van der Waals surface area contributed by atoms with Gasteiger partial charge in [0.1, 0.15) is 11.5 Å². The number of H-pyrrole nitrogens is 1. The Hall–Kier alpha value is -4.69. The van der Waals surface area contributed by atoms with Gasteiger partial charge in [-0.2, -0.15) is 10.2 Å². The maximum absolute atomic E-state index is 12.9. The van der Waals surface area contributed by atoms with Crippen molar-refractivity contribution in [3.63, 3.8) is 0 Å². The third-order valence-electron chi connectivity index (χ3n) is 6.80. The van der Waals surface area contributed by atoms with Gasteiger partial charge in [-0.15, -0.1) is 18.3 Å². The fraction of sp³-hybridized carbons (Fsp3) is 0.333. The molecule has 0 saturated heterocycles. The standard InChI is InChI=1S/C30H32F3N7O4/c1-19(36-14-21-7-20(9-25-16-34-18-43-25)8-24(10-21)44-30(31,32)33)3-2-5-42-6-4-35-27-11-22(12-28-26(27)17-38-39-28)23-13-29(41)40-37-15-23/h7-8,10-13,15-19,35-36H,2-6,9,14H2,1H3,(H,38,39)(H,40,41)/t19-/m0/s1. The molecule has 0 saturated carbocycles. The van der Waals surface area contributed by atoms with Crippen LogP contribution in [0.2, 0.25) is 0 Å². The molecule has 3 aromatic heterocycles. The number of nitrogens with zero attached hydrogens (tertiary/aromatic N) is 4. The van der Waals surface area contributed by atoms with Gasteiger partial charge in [0.15, 0.2) is 6.39 Å². The predicted molar refractivity (Wildman–Crippen MR) is 156 cm³/mol. The Kier molecular flexibility index (Phi) is 9.92. The molecule has 0 bridgehead atoms. The Balaban J connectivity index is 1.05. The molecule has 3 heterocycles. The Morgan fingerprint density at radius 1 is 1.02 bits per heavy atom. The number of fused-ring (bicyclic) bond motifs is 1. The second kappa shape index (κ2) is 14.2. The van der Waals surface area contributed by atoms with Crippen LogP contribution < -0.4 is 15.4 Å². The van der Waals surface area contributed by atoms with Crippen molar-refractivity contribution >= 4 is 16.6 Å². The zero-order valence-electron chi connectivity index (χ0n) is 23.9. The monoisotopic (exact) mass is 611 g/mol. The van der Waals surface area contributed by atoms with E-state index in [0.29, 0.717) is 49.6 Å². The van der Waals surface area contributed by atoms with Gasteiger partial charge in [0.2, 0.25) is 5.88 Å². The number of oxazole rings is 1. The second-order valence-corrected chi connectivity index (χ2v) is 10.3. The van der Waals surface area contributed by atoms with Gasteiger partial charge in [-0.05, 0) is 60.7 Å². The van der Waals surface area contributed by atoms with Crippen molar-refractivity contribution < 1.29 is 32.2 Å². The van der Waals surface area contributed by atoms with Crippen molar-refractivity contribution in [2.45, 2.75) is 45.1 Å². The lowest BCUT2D eigenvalue weighted by Gasteiger charge is -2.16. The third-order valence-corrected chi connectivity index (χ3v) is 6.80. The van der Waals surface area contributed by atoms with Gasteiger partial charge < -0.3 is 29.6 Å². The quantitative estimate of drug-likeness (QED) is 0.111. The van der Waals surface area contributed by atoms with Gasteiger partial charge in [-0.25, -0.2) is 4.98 Å². The highest BCUT2D eigenvalue weighted by atomic mass is 19.4. The first kappa shape index (κ1) is 30.8. The van der Waals surface area contributed by atoms with E-state index in [2.05, 4.69) is 40.7 Å². The van der Waals surface area contributed by atoms with Crippen LogP contribution in [-0.4, -0.2) is 62.6 Å². The molecule has 0 fully saturated rings. The van der Waals surface area contributed by atoms with Gasteiger partial charge in [0, 0.05) is 54.9 Å². The van der Waals surface area contributed by atoms with Crippen LogP contribution >= 0.6 is 0 Å². The number of halogens is 3. The number of nitrogens with one attached hydrogen (secondary N) is 3. The lowest BCUT2D eigenvalue weighted by molar-refractivity contribution is -0.274. The topological polar surface area (TPSA) is 143 Å². The molecular formula is C30H32F3N7O4. The summed E-state index contributed by atoms with van der Waals surface area (Å²) in [5, 5.41) is 31.9. The minimum absolute atomic E-state index is 0.112. The van der Waals surface area contributed by atoms with Crippen molar-refractivity contribution in [3.8, 4) is 22.8 Å². The van der Waals surface area contributed by atoms with Gasteiger partial charge in [-0.1, -0.05) is 6.07 Å². The smallest absolute Gasteiger partial charge is 0.492 e. The maximum atomic E-state index is 12.9. The van der Waals surface area contributed by atoms with Gasteiger partial charge in [0.25, 0.3) is 0 Å². The zero-order chi connectivity index (χ0) is 30.9. The van der Waals surface area contributed by atoms with Crippen molar-refractivity contribution in [3.05, 3.63) is 78.3 Å². The Bertz CT molecular complexity index is 1640. The van der Waals surface area contributed by atoms with E-state index in [1.54, 1.807) is 18.5 Å². The molecule has 2 aromatic carbocycles. The third kappa shape index (κ3) is 8.91. The number of alkyl halides is 3. The zero-order valence-corrected chi connectivity index (χ0v) is 23.9. The number of ether oxygens (including phenoxy) is 2. The van der Waals surface area contributed by atoms with E-state index in [4.69, 9.17) is 9.15 Å². The molecule has 44 heavy (non-hydrogen) atoms. The summed E-state index contributed by atoms with van der Waals surface area (Å²) in [7, 11) is 0. The van der Waals surface area contributed by atoms with E-state index >= 15 is 0 Å². The Morgan fingerprint density at radius 3 is 2.68 bits per heavy atom. The SMILES string of the molecule is C[C@@H](CCCOCCNc1cc(-c2cnnc(O)c2)cc2[nH]ncc12)NCc1cc(Cc2cnco2)cc(OC(F)(F)F)c1. The number of aromatic nitrogens is 5. The number of benzene rings is 2. The van der Waals surface area contributed by atoms with Crippen molar-refractivity contribution in [1.82, 2.24) is 30.7 Å². The molecule has 0 amide bonds. The fourth-order valence-electron chi connectivity index (χ4n) is 4.78. The first-order valence-corrected chi connectivity index (χ1v) is 14.0. The molecule has 232 valence electrons. The average molecular weight is 612 g/mol. The van der Waals surface area contributed by atoms with Crippen molar-refractivity contribution in [2.24, 2.45) is 0 Å². The number of hydrogen-bond donors (Lipinski definition) is 4. The minimum Gasteiger partial charge on any atom is -0.492 e. The molecule has 0 radical (unpaired) electrons. The summed E-state index contributed by atoms with van der Waals surface area (Å²) < 4.78 is 53.9. The van der Waals surface area contributed by atoms with Crippen LogP contribution in [0.1, 0.15) is 36.7 Å². The van der Waals surface area contributed by atoms with Gasteiger partial charge in [-0.3, -0.25) is 5.10 Å². The summed E-state index contributed by atoms with van der Waals surface area (Å²) in [6.45, 7) is 4.02. The van der Waals surface area contributed by atoms with Gasteiger partial charge in [0.05, 0.1) is 30.7 Å². The van der Waals surface area contributed by atoms with E-state index in [-0.39, 0.29) is 17.7 Å². The summed E-state index contributed by atoms with van der Waals surface area (Å²) in [6, 6.07) is 10.1. The van der Waals surface area contributed by atoms with E-state index in [0.717, 1.165) is 40.6 Å². The van der Waals surface area contributed by atoms with E-state index < -0.39 is 6.36 Å². The molecular weight excluding hydrogens is 579 g/mol. The van der Waals surface area contributed by atoms with Crippen LogP contribution in [0.25, 0.3) is 22.0 Å². The fourth-order valence-corrected chi connectivity index (χ4v) is 4.78. The minimum atomic E-state index is -4.78. The second-order valence-electron chi connectivity index (χ2n) is 10.3. The molecule has 0 aliphatic rings. The lowest BCUT2D eigenvalue weighted by Crippen LogP contribution is -2.26. The summed E-state index contributed by atoms with van der Waals surface area (Å²) in [5.74, 6) is 0.121. The largest absolute Gasteiger partial charge is 0.573 e. The maximum Gasteiger partial charge on any atom is 0.573 e. The van der Waals surface area contributed by atoms with Crippen LogP contribution in [0.5, 0.6) is 11.6 Å². The average Bonchev–Trinajstić information content (AvgIpc) is 3.67. The van der Waals surface area contributed by atoms with Crippen LogP contribution in [0.3, 0.4) is 0 Å². The van der Waals surface area contributed by atoms with Crippen LogP contribution in [0.15, 0.2) is 65.8 Å². The molecule has 14 heteroatoms. The highest BCUT2D eigenvalue weighted by Gasteiger charge is 2.31. The highest BCUT2D eigenvalue weighted by Crippen LogP contribution is 2.30. The molecule has 0 aliphatic carbocycles. The molecule has 0 unspecified atom stereocenters. The van der Waals surface area contributed by atoms with E-state index in [9.17, 15) is 18.3 Å². The number of aromatic amines is 1. The first-order valence-electron chi connectivity index (χ1n) is 14.0. The molecule has 5 rings (SSSR count). The van der Waals surface area contributed by atoms with Crippen molar-refractivity contribution in [1.29, 1.82) is 0 Å². The van der Waals surface area contributed by atoms with E-state index in [1.807, 2.05) is 25.1 Å². The number of aromatic hydroxyl groups is 1. The van der Waals surface area contributed by atoms with Crippen LogP contribution in [-0.2, 0) is 17.7 Å². The highest BCUT2D eigenvalue weighted by molar-refractivity contribution is 5.95. The molecule has 0 aliphatic heterocycles. The van der Waals surface area contributed by atoms with Crippen LogP contribution in [0, 0.1) is 0 Å². The lowest BCUT2D eigenvalue weighted by atomic mass is 10.0. The normalized spacial score (nSPS) is 12.5. The Labute approximate surface area is 250 Å². The van der Waals surface area contributed by atoms with Crippen LogP contribution in [0.4, 0.5) is 18.9 Å². The summed E-state index contributed by atoms with van der Waals surface area (Å²) in [6.07, 6.45) is 3.28. The molecule has 0 spiro atoms. The summed E-state index contributed by atoms with van der Waals surface area (Å²) >= 11 is 0. The molecule has 1 atom stereocenters. The predicted octanol–water partition coefficient (Wildman–Crippen LogP) is 5.59. The van der Waals surface area contributed by atoms with E-state index in [1.165, 1.54) is 24.7 Å². The molecule has 4 N–H and O–H groups in total. The first-order chi connectivity index (χ1) is 21.2. The number of hydrogen-bond acceptors (Lipinski definition) is 10. The molecule has 5 aromatic rings. The summed E-state index contributed by atoms with van der Waals surface area (Å²) in [4.78, 5) is 3.85. The Morgan fingerprint density at radius 2 is 1.89 bits per heavy atom. The molecule has 11 nitrogen and oxygen atoms in total.